The van der Waals surface area contributed by atoms with Gasteiger partial charge < -0.3 is 4.98 Å². The van der Waals surface area contributed by atoms with Crippen LogP contribution in [0.4, 0.5) is 0 Å². The van der Waals surface area contributed by atoms with Crippen molar-refractivity contribution in [3.63, 3.8) is 0 Å². The fourth-order valence-electron chi connectivity index (χ4n) is 1.24. The van der Waals surface area contributed by atoms with E-state index in [0.717, 1.165) is 19.4 Å². The second kappa shape index (κ2) is 5.45. The number of hydrogen-bond acceptors (Lipinski definition) is 1. The number of H-pyrrole nitrogens is 1. The molecule has 1 rings (SSSR count). The van der Waals surface area contributed by atoms with E-state index in [9.17, 15) is 0 Å². The first-order valence-electron chi connectivity index (χ1n) is 4.68. The summed E-state index contributed by atoms with van der Waals surface area (Å²) in [6.45, 7) is 2.99. The number of rotatable bonds is 5. The molecule has 1 aromatic heterocycles. The van der Waals surface area contributed by atoms with E-state index in [1.165, 1.54) is 5.56 Å². The molecular weight excluding hydrogens is 160 g/mol. The number of aromatic amines is 1. The lowest BCUT2D eigenvalue weighted by Crippen LogP contribution is -2.26. The van der Waals surface area contributed by atoms with Crippen LogP contribution in [0.5, 0.6) is 0 Å². The largest absolute Gasteiger partial charge is 0.367 e. The predicted molar refractivity (Wildman–Crippen MR) is 55.2 cm³/mol. The van der Waals surface area contributed by atoms with Gasteiger partial charge in [-0.1, -0.05) is 19.3 Å². The second-order valence-electron chi connectivity index (χ2n) is 3.11. The molecule has 0 aliphatic rings. The van der Waals surface area contributed by atoms with Gasteiger partial charge in [0.15, 0.2) is 0 Å². The summed E-state index contributed by atoms with van der Waals surface area (Å²) in [4.78, 5) is 3.01. The van der Waals surface area contributed by atoms with Crippen LogP contribution >= 0.6 is 0 Å². The lowest BCUT2D eigenvalue weighted by atomic mass is 10.2. The molecule has 0 aliphatic carbocycles. The Morgan fingerprint density at radius 2 is 2.54 bits per heavy atom. The van der Waals surface area contributed by atoms with Crippen molar-refractivity contribution in [2.24, 2.45) is 0 Å². The molecule has 1 aromatic rings. The number of nitrogens with one attached hydrogen (secondary N) is 2. The van der Waals surface area contributed by atoms with Crippen molar-refractivity contribution in [1.29, 1.82) is 0 Å². The van der Waals surface area contributed by atoms with Crippen LogP contribution in [0.3, 0.4) is 0 Å². The molecule has 0 spiro atoms. The smallest absolute Gasteiger partial charge is 0.0689 e. The van der Waals surface area contributed by atoms with E-state index in [4.69, 9.17) is 6.42 Å². The van der Waals surface area contributed by atoms with E-state index < -0.39 is 0 Å². The van der Waals surface area contributed by atoms with Crippen LogP contribution < -0.4 is 5.32 Å². The molecule has 70 valence electrons. The molecule has 0 amide bonds. The van der Waals surface area contributed by atoms with Gasteiger partial charge in [0.25, 0.3) is 0 Å². The van der Waals surface area contributed by atoms with Crippen LogP contribution in [-0.2, 0) is 6.54 Å². The molecule has 0 saturated heterocycles. The number of aromatic nitrogens is 1. The average molecular weight is 176 g/mol. The lowest BCUT2D eigenvalue weighted by Gasteiger charge is -2.10. The normalized spacial score (nSPS) is 12.3. The molecule has 0 aliphatic heterocycles. The SMILES string of the molecule is C#CC(CCC)NCc1cc[nH]c1. The lowest BCUT2D eigenvalue weighted by molar-refractivity contribution is 0.563. The average Bonchev–Trinajstić information content (AvgIpc) is 2.64. The Kier molecular flexibility index (Phi) is 4.14. The first kappa shape index (κ1) is 9.88. The molecule has 2 nitrogen and oxygen atoms in total. The van der Waals surface area contributed by atoms with Gasteiger partial charge in [-0.3, -0.25) is 5.32 Å². The van der Waals surface area contributed by atoms with Gasteiger partial charge in [-0.15, -0.1) is 6.42 Å². The quantitative estimate of drug-likeness (QED) is 0.659. The van der Waals surface area contributed by atoms with E-state index >= 15 is 0 Å². The molecule has 1 atom stereocenters. The van der Waals surface area contributed by atoms with Crippen LogP contribution in [0.15, 0.2) is 18.5 Å². The fraction of sp³-hybridized carbons (Fsp3) is 0.455. The zero-order valence-corrected chi connectivity index (χ0v) is 8.01. The molecule has 0 aromatic carbocycles. The molecule has 0 radical (unpaired) electrons. The summed E-state index contributed by atoms with van der Waals surface area (Å²) in [5, 5.41) is 3.32. The highest BCUT2D eigenvalue weighted by atomic mass is 14.9. The highest BCUT2D eigenvalue weighted by Gasteiger charge is 2.01. The Balaban J connectivity index is 2.29. The number of terminal acetylenes is 1. The van der Waals surface area contributed by atoms with Gasteiger partial charge in [0, 0.05) is 18.9 Å². The van der Waals surface area contributed by atoms with Gasteiger partial charge in [0.1, 0.15) is 0 Å². The summed E-state index contributed by atoms with van der Waals surface area (Å²) in [6, 6.07) is 2.26. The van der Waals surface area contributed by atoms with Crippen molar-refractivity contribution in [3.8, 4) is 12.3 Å². The maximum atomic E-state index is 5.38. The highest BCUT2D eigenvalue weighted by Crippen LogP contribution is 1.99. The Labute approximate surface area is 79.7 Å². The topological polar surface area (TPSA) is 27.8 Å². The zero-order chi connectivity index (χ0) is 9.52. The second-order valence-corrected chi connectivity index (χ2v) is 3.11. The third-order valence-corrected chi connectivity index (χ3v) is 1.99. The summed E-state index contributed by atoms with van der Waals surface area (Å²) in [5.74, 6) is 2.74. The minimum atomic E-state index is 0.208. The molecule has 0 fully saturated rings. The summed E-state index contributed by atoms with van der Waals surface area (Å²) in [7, 11) is 0. The molecule has 2 N–H and O–H groups in total. The van der Waals surface area contributed by atoms with Crippen LogP contribution in [0.2, 0.25) is 0 Å². The third-order valence-electron chi connectivity index (χ3n) is 1.99. The fourth-order valence-corrected chi connectivity index (χ4v) is 1.24. The van der Waals surface area contributed by atoms with Crippen molar-refractivity contribution < 1.29 is 0 Å². The molecule has 2 heteroatoms. The summed E-state index contributed by atoms with van der Waals surface area (Å²) in [5.41, 5.74) is 1.25. The maximum Gasteiger partial charge on any atom is 0.0689 e. The van der Waals surface area contributed by atoms with Gasteiger partial charge in [-0.2, -0.15) is 0 Å². The zero-order valence-electron chi connectivity index (χ0n) is 8.01. The Morgan fingerprint density at radius 1 is 1.69 bits per heavy atom. The first-order valence-corrected chi connectivity index (χ1v) is 4.68. The Bertz CT molecular complexity index is 256. The molecule has 13 heavy (non-hydrogen) atoms. The van der Waals surface area contributed by atoms with Crippen molar-refractivity contribution in [2.75, 3.05) is 0 Å². The molecule has 1 heterocycles. The van der Waals surface area contributed by atoms with Crippen LogP contribution in [0.1, 0.15) is 25.3 Å². The summed E-state index contributed by atoms with van der Waals surface area (Å²) < 4.78 is 0. The maximum absolute atomic E-state index is 5.38. The monoisotopic (exact) mass is 176 g/mol. The molecule has 0 bridgehead atoms. The number of hydrogen-bond donors (Lipinski definition) is 2. The van der Waals surface area contributed by atoms with Crippen LogP contribution in [0.25, 0.3) is 0 Å². The van der Waals surface area contributed by atoms with Crippen molar-refractivity contribution in [2.45, 2.75) is 32.4 Å². The molecular formula is C11H16N2. The standard InChI is InChI=1S/C11H16N2/c1-3-5-11(4-2)13-9-10-6-7-12-8-10/h2,6-8,11-13H,3,5,9H2,1H3. The van der Waals surface area contributed by atoms with Gasteiger partial charge in [0.2, 0.25) is 0 Å². The highest BCUT2D eigenvalue weighted by molar-refractivity contribution is 5.09. The minimum Gasteiger partial charge on any atom is -0.367 e. The third kappa shape index (κ3) is 3.35. The first-order chi connectivity index (χ1) is 6.36. The summed E-state index contributed by atoms with van der Waals surface area (Å²) >= 11 is 0. The Hall–Kier alpha value is -1.20. The predicted octanol–water partition coefficient (Wildman–Crippen LogP) is 1.91. The van der Waals surface area contributed by atoms with Gasteiger partial charge in [-0.25, -0.2) is 0 Å². The summed E-state index contributed by atoms with van der Waals surface area (Å²) in [6.07, 6.45) is 11.4. The van der Waals surface area contributed by atoms with E-state index in [1.807, 2.05) is 18.5 Å². The van der Waals surface area contributed by atoms with E-state index in [2.05, 4.69) is 23.1 Å². The Morgan fingerprint density at radius 3 is 3.08 bits per heavy atom. The molecule has 0 saturated carbocycles. The van der Waals surface area contributed by atoms with Crippen LogP contribution in [-0.4, -0.2) is 11.0 Å². The van der Waals surface area contributed by atoms with Crippen molar-refractivity contribution in [1.82, 2.24) is 10.3 Å². The van der Waals surface area contributed by atoms with Crippen molar-refractivity contribution >= 4 is 0 Å². The van der Waals surface area contributed by atoms with E-state index in [1.54, 1.807) is 0 Å². The van der Waals surface area contributed by atoms with E-state index in [-0.39, 0.29) is 6.04 Å². The molecule has 1 unspecified atom stereocenters. The van der Waals surface area contributed by atoms with Gasteiger partial charge in [0.05, 0.1) is 6.04 Å². The van der Waals surface area contributed by atoms with Gasteiger partial charge in [-0.05, 0) is 18.1 Å². The van der Waals surface area contributed by atoms with Crippen molar-refractivity contribution in [3.05, 3.63) is 24.0 Å². The van der Waals surface area contributed by atoms with Gasteiger partial charge >= 0.3 is 0 Å². The van der Waals surface area contributed by atoms with Crippen LogP contribution in [0, 0.1) is 12.3 Å². The minimum absolute atomic E-state index is 0.208. The van der Waals surface area contributed by atoms with E-state index in [0.29, 0.717) is 0 Å².